The molecule has 0 radical (unpaired) electrons. The van der Waals surface area contributed by atoms with Crippen molar-refractivity contribution in [2.75, 3.05) is 12.9 Å². The van der Waals surface area contributed by atoms with Gasteiger partial charge in [0, 0.05) is 30.3 Å². The molecule has 1 aliphatic carbocycles. The van der Waals surface area contributed by atoms with Crippen LogP contribution in [0.2, 0.25) is 0 Å². The highest BCUT2D eigenvalue weighted by atomic mass is 32.2. The normalized spacial score (nSPS) is 15.9. The summed E-state index contributed by atoms with van der Waals surface area (Å²) >= 11 is 1.48. The molecule has 2 rings (SSSR count). The van der Waals surface area contributed by atoms with E-state index in [9.17, 15) is 8.42 Å². The summed E-state index contributed by atoms with van der Waals surface area (Å²) in [4.78, 5) is 5.50. The second kappa shape index (κ2) is 6.30. The summed E-state index contributed by atoms with van der Waals surface area (Å²) < 4.78 is 28.4. The standard InChI is InChI=1S/C12H20N2O3S2/c1-3-19(15,16)8-12-14-10(7-17-2)11(18-12)6-13-9-4-5-9/h9,13H,3-8H2,1-2H3. The van der Waals surface area contributed by atoms with Gasteiger partial charge in [0.15, 0.2) is 9.84 Å². The Morgan fingerprint density at radius 3 is 2.79 bits per heavy atom. The van der Waals surface area contributed by atoms with E-state index in [1.54, 1.807) is 14.0 Å². The summed E-state index contributed by atoms with van der Waals surface area (Å²) in [6.45, 7) is 2.85. The van der Waals surface area contributed by atoms with Crippen LogP contribution in [-0.4, -0.2) is 32.3 Å². The molecule has 1 heterocycles. The number of nitrogens with zero attached hydrogens (tertiary/aromatic N) is 1. The van der Waals surface area contributed by atoms with Crippen LogP contribution in [0, 0.1) is 0 Å². The van der Waals surface area contributed by atoms with Crippen LogP contribution < -0.4 is 5.32 Å². The van der Waals surface area contributed by atoms with Crippen molar-refractivity contribution < 1.29 is 13.2 Å². The molecular weight excluding hydrogens is 284 g/mol. The van der Waals surface area contributed by atoms with Crippen LogP contribution in [0.4, 0.5) is 0 Å². The zero-order chi connectivity index (χ0) is 13.9. The monoisotopic (exact) mass is 304 g/mol. The topological polar surface area (TPSA) is 68.3 Å². The Labute approximate surface area is 118 Å². The summed E-state index contributed by atoms with van der Waals surface area (Å²) in [5.74, 6) is 0.191. The van der Waals surface area contributed by atoms with E-state index in [4.69, 9.17) is 4.74 Å². The second-order valence-corrected chi connectivity index (χ2v) is 8.26. The molecule has 1 N–H and O–H groups in total. The number of methoxy groups -OCH3 is 1. The molecule has 1 fully saturated rings. The van der Waals surface area contributed by atoms with Crippen LogP contribution in [-0.2, 0) is 33.5 Å². The van der Waals surface area contributed by atoms with E-state index < -0.39 is 9.84 Å². The maximum absolute atomic E-state index is 11.6. The van der Waals surface area contributed by atoms with Gasteiger partial charge < -0.3 is 10.1 Å². The lowest BCUT2D eigenvalue weighted by Crippen LogP contribution is -2.15. The van der Waals surface area contributed by atoms with Gasteiger partial charge in [-0.1, -0.05) is 6.92 Å². The Morgan fingerprint density at radius 1 is 1.47 bits per heavy atom. The Morgan fingerprint density at radius 2 is 2.21 bits per heavy atom. The van der Waals surface area contributed by atoms with Crippen molar-refractivity contribution in [1.82, 2.24) is 10.3 Å². The van der Waals surface area contributed by atoms with E-state index in [1.807, 2.05) is 0 Å². The minimum atomic E-state index is -3.02. The van der Waals surface area contributed by atoms with Crippen LogP contribution in [0.5, 0.6) is 0 Å². The van der Waals surface area contributed by atoms with E-state index in [1.165, 1.54) is 24.2 Å². The van der Waals surface area contributed by atoms with Crippen molar-refractivity contribution in [2.45, 2.75) is 44.7 Å². The molecule has 1 saturated carbocycles. The van der Waals surface area contributed by atoms with Crippen LogP contribution in [0.1, 0.15) is 35.3 Å². The van der Waals surface area contributed by atoms with Gasteiger partial charge in [-0.05, 0) is 12.8 Å². The molecule has 19 heavy (non-hydrogen) atoms. The molecule has 1 aliphatic rings. The third kappa shape index (κ3) is 4.52. The summed E-state index contributed by atoms with van der Waals surface area (Å²) in [6.07, 6.45) is 2.46. The molecule has 1 aromatic heterocycles. The molecule has 0 amide bonds. The second-order valence-electron chi connectivity index (χ2n) is 4.74. The Hall–Kier alpha value is -0.500. The zero-order valence-corrected chi connectivity index (χ0v) is 12.9. The van der Waals surface area contributed by atoms with E-state index in [-0.39, 0.29) is 11.5 Å². The van der Waals surface area contributed by atoms with Gasteiger partial charge in [-0.15, -0.1) is 11.3 Å². The summed E-state index contributed by atoms with van der Waals surface area (Å²) in [6, 6.07) is 0.625. The SMILES string of the molecule is CCS(=O)(=O)Cc1nc(COC)c(CNC2CC2)s1. The average Bonchev–Trinajstić information content (AvgIpc) is 3.11. The minimum absolute atomic E-state index is 0.0360. The zero-order valence-electron chi connectivity index (χ0n) is 11.3. The third-order valence-corrected chi connectivity index (χ3v) is 5.89. The van der Waals surface area contributed by atoms with Crippen LogP contribution in [0.15, 0.2) is 0 Å². The number of thiazole rings is 1. The number of rotatable bonds is 8. The van der Waals surface area contributed by atoms with Gasteiger partial charge in [-0.2, -0.15) is 0 Å². The highest BCUT2D eigenvalue weighted by Gasteiger charge is 2.22. The lowest BCUT2D eigenvalue weighted by Gasteiger charge is -2.02. The van der Waals surface area contributed by atoms with Crippen molar-refractivity contribution >= 4 is 21.2 Å². The molecule has 108 valence electrons. The quantitative estimate of drug-likeness (QED) is 0.788. The van der Waals surface area contributed by atoms with Crippen molar-refractivity contribution in [3.63, 3.8) is 0 Å². The summed E-state index contributed by atoms with van der Waals surface area (Å²) in [5.41, 5.74) is 0.863. The Balaban J connectivity index is 2.08. The molecule has 0 aromatic carbocycles. The maximum atomic E-state index is 11.6. The Bertz CT molecular complexity index is 521. The first-order valence-electron chi connectivity index (χ1n) is 6.44. The van der Waals surface area contributed by atoms with E-state index >= 15 is 0 Å². The molecule has 0 atom stereocenters. The first kappa shape index (κ1) is 14.9. The van der Waals surface area contributed by atoms with E-state index in [0.29, 0.717) is 17.7 Å². The predicted octanol–water partition coefficient (Wildman–Crippen LogP) is 1.48. The van der Waals surface area contributed by atoms with Crippen LogP contribution >= 0.6 is 11.3 Å². The largest absolute Gasteiger partial charge is 0.378 e. The van der Waals surface area contributed by atoms with Gasteiger partial charge >= 0.3 is 0 Å². The summed E-state index contributed by atoms with van der Waals surface area (Å²) in [7, 11) is -1.40. The lowest BCUT2D eigenvalue weighted by molar-refractivity contribution is 0.181. The number of ether oxygens (including phenoxy) is 1. The molecule has 5 nitrogen and oxygen atoms in total. The van der Waals surface area contributed by atoms with Crippen molar-refractivity contribution in [1.29, 1.82) is 0 Å². The number of hydrogen-bond acceptors (Lipinski definition) is 6. The van der Waals surface area contributed by atoms with Gasteiger partial charge in [0.05, 0.1) is 12.3 Å². The fourth-order valence-corrected chi connectivity index (χ4v) is 3.94. The fraction of sp³-hybridized carbons (Fsp3) is 0.750. The molecule has 7 heteroatoms. The van der Waals surface area contributed by atoms with Gasteiger partial charge in [-0.25, -0.2) is 13.4 Å². The molecular formula is C12H20N2O3S2. The first-order valence-corrected chi connectivity index (χ1v) is 9.08. The molecule has 0 bridgehead atoms. The summed E-state index contributed by atoms with van der Waals surface area (Å²) in [5, 5.41) is 4.10. The van der Waals surface area contributed by atoms with Gasteiger partial charge in [0.2, 0.25) is 0 Å². The minimum Gasteiger partial charge on any atom is -0.378 e. The lowest BCUT2D eigenvalue weighted by atomic mass is 10.3. The van der Waals surface area contributed by atoms with Gasteiger partial charge in [0.1, 0.15) is 10.8 Å². The highest BCUT2D eigenvalue weighted by Crippen LogP contribution is 2.24. The smallest absolute Gasteiger partial charge is 0.156 e. The number of nitrogens with one attached hydrogen (secondary N) is 1. The fourth-order valence-electron chi connectivity index (χ4n) is 1.70. The highest BCUT2D eigenvalue weighted by molar-refractivity contribution is 7.90. The van der Waals surface area contributed by atoms with Crippen molar-refractivity contribution in [2.24, 2.45) is 0 Å². The van der Waals surface area contributed by atoms with E-state index in [2.05, 4.69) is 10.3 Å². The van der Waals surface area contributed by atoms with Crippen molar-refractivity contribution in [3.05, 3.63) is 15.6 Å². The van der Waals surface area contributed by atoms with E-state index in [0.717, 1.165) is 17.1 Å². The number of hydrogen-bond donors (Lipinski definition) is 1. The third-order valence-electron chi connectivity index (χ3n) is 3.02. The molecule has 0 spiro atoms. The molecule has 0 saturated heterocycles. The van der Waals surface area contributed by atoms with Crippen LogP contribution in [0.25, 0.3) is 0 Å². The van der Waals surface area contributed by atoms with Gasteiger partial charge in [-0.3, -0.25) is 0 Å². The Kier molecular flexibility index (Phi) is 4.94. The maximum Gasteiger partial charge on any atom is 0.156 e. The first-order chi connectivity index (χ1) is 9.04. The number of aromatic nitrogens is 1. The predicted molar refractivity (Wildman–Crippen MR) is 75.9 cm³/mol. The number of sulfone groups is 1. The average molecular weight is 304 g/mol. The molecule has 0 aliphatic heterocycles. The molecule has 0 unspecified atom stereocenters. The van der Waals surface area contributed by atoms with Crippen molar-refractivity contribution in [3.8, 4) is 0 Å². The van der Waals surface area contributed by atoms with Gasteiger partial charge in [0.25, 0.3) is 0 Å². The molecule has 1 aromatic rings. The van der Waals surface area contributed by atoms with Crippen LogP contribution in [0.3, 0.4) is 0 Å².